The van der Waals surface area contributed by atoms with Crippen molar-refractivity contribution in [3.05, 3.63) is 88.7 Å². The van der Waals surface area contributed by atoms with E-state index in [-0.39, 0.29) is 5.91 Å². The highest BCUT2D eigenvalue weighted by molar-refractivity contribution is 9.10. The zero-order chi connectivity index (χ0) is 24.0. The summed E-state index contributed by atoms with van der Waals surface area (Å²) in [5.74, 6) is 0.101. The fourth-order valence-corrected chi connectivity index (χ4v) is 4.74. The maximum atomic E-state index is 12.0. The maximum Gasteiger partial charge on any atom is 0.254 e. The Kier molecular flexibility index (Phi) is 8.72. The van der Waals surface area contributed by atoms with Crippen molar-refractivity contribution in [3.63, 3.8) is 0 Å². The van der Waals surface area contributed by atoms with E-state index < -0.39 is 0 Å². The van der Waals surface area contributed by atoms with Crippen molar-refractivity contribution in [1.29, 1.82) is 0 Å². The van der Waals surface area contributed by atoms with Gasteiger partial charge in [0.25, 0.3) is 5.91 Å². The fraction of sp³-hybridized carbons (Fsp3) is 0.154. The van der Waals surface area contributed by atoms with E-state index >= 15 is 0 Å². The van der Waals surface area contributed by atoms with E-state index in [4.69, 9.17) is 5.73 Å². The number of nitrogens with zero attached hydrogens (tertiary/aromatic N) is 2. The van der Waals surface area contributed by atoms with E-state index in [0.717, 1.165) is 36.5 Å². The molecule has 0 bridgehead atoms. The van der Waals surface area contributed by atoms with Gasteiger partial charge < -0.3 is 10.6 Å². The fourth-order valence-electron chi connectivity index (χ4n) is 3.31. The predicted molar refractivity (Wildman–Crippen MR) is 146 cm³/mol. The topological polar surface area (TPSA) is 59.2 Å². The van der Waals surface area contributed by atoms with Crippen LogP contribution in [0, 0.1) is 0 Å². The summed E-state index contributed by atoms with van der Waals surface area (Å²) in [5.41, 5.74) is 10.5. The van der Waals surface area contributed by atoms with E-state index in [1.807, 2.05) is 69.6 Å². The lowest BCUT2D eigenvalue weighted by Crippen LogP contribution is -2.17. The maximum absolute atomic E-state index is 12.0. The summed E-state index contributed by atoms with van der Waals surface area (Å²) in [4.78, 5) is 21.1. The van der Waals surface area contributed by atoms with Gasteiger partial charge in [-0.05, 0) is 69.5 Å². The Morgan fingerprint density at radius 3 is 2.33 bits per heavy atom. The Hall–Kier alpha value is -2.61. The Bertz CT molecular complexity index is 1230. The van der Waals surface area contributed by atoms with Gasteiger partial charge in [-0.2, -0.15) is 0 Å². The number of rotatable bonds is 2. The van der Waals surface area contributed by atoms with E-state index in [1.165, 1.54) is 4.88 Å². The second-order valence-electron chi connectivity index (χ2n) is 7.16. The van der Waals surface area contributed by atoms with Crippen LogP contribution in [0.1, 0.15) is 29.8 Å². The van der Waals surface area contributed by atoms with Gasteiger partial charge >= 0.3 is 0 Å². The van der Waals surface area contributed by atoms with Crippen molar-refractivity contribution < 1.29 is 4.79 Å². The van der Waals surface area contributed by atoms with Crippen LogP contribution < -0.4 is 5.73 Å². The summed E-state index contributed by atoms with van der Waals surface area (Å²) in [6, 6.07) is 20.0. The quantitative estimate of drug-likeness (QED) is 0.260. The third kappa shape index (κ3) is 6.05. The number of carbonyl (C=O) groups excluding carboxylic acids is 1. The molecular weight excluding hydrogens is 514 g/mol. The van der Waals surface area contributed by atoms with E-state index in [2.05, 4.69) is 51.7 Å². The van der Waals surface area contributed by atoms with Crippen LogP contribution in [0.3, 0.4) is 0 Å². The first-order valence-electron chi connectivity index (χ1n) is 10.6. The molecule has 0 saturated carbocycles. The van der Waals surface area contributed by atoms with Crippen molar-refractivity contribution in [1.82, 2.24) is 9.88 Å². The van der Waals surface area contributed by atoms with Gasteiger partial charge in [0.2, 0.25) is 0 Å². The molecule has 33 heavy (non-hydrogen) atoms. The summed E-state index contributed by atoms with van der Waals surface area (Å²) < 4.78 is 1.04. The smallest absolute Gasteiger partial charge is 0.254 e. The van der Waals surface area contributed by atoms with Gasteiger partial charge in [0, 0.05) is 56.2 Å². The standard InChI is InChI=1S/C18H15N3OS.C6H5BrS.C2H6/c1-21-10-13-6-11(2-3-15(13)18(21)22)16-4-5-17(23-16)12-7-14(19)9-20-8-12;7-5-3-1-2-4-6(5)8;1-2/h2-9H,10,19H2,1H3;1-4,8H;1-2H3. The van der Waals surface area contributed by atoms with Crippen LogP contribution in [0.4, 0.5) is 5.69 Å². The van der Waals surface area contributed by atoms with Crippen LogP contribution in [0.5, 0.6) is 0 Å². The largest absolute Gasteiger partial charge is 0.397 e. The molecule has 0 atom stereocenters. The predicted octanol–water partition coefficient (Wildman–Crippen LogP) is 7.41. The number of hydrogen-bond donors (Lipinski definition) is 2. The zero-order valence-corrected chi connectivity index (χ0v) is 22.0. The molecule has 7 heteroatoms. The number of fused-ring (bicyclic) bond motifs is 1. The molecule has 0 fully saturated rings. The molecule has 4 nitrogen and oxygen atoms in total. The van der Waals surface area contributed by atoms with Crippen LogP contribution in [-0.2, 0) is 6.54 Å². The van der Waals surface area contributed by atoms with Crippen LogP contribution >= 0.6 is 39.9 Å². The molecule has 5 rings (SSSR count). The van der Waals surface area contributed by atoms with Gasteiger partial charge in [-0.15, -0.1) is 24.0 Å². The zero-order valence-electron chi connectivity index (χ0n) is 18.7. The van der Waals surface area contributed by atoms with Crippen molar-refractivity contribution >= 4 is 51.5 Å². The first kappa shape index (κ1) is 25.0. The number of anilines is 1. The molecular formula is C26H26BrN3OS2. The molecule has 0 unspecified atom stereocenters. The Morgan fingerprint density at radius 1 is 1.00 bits per heavy atom. The highest BCUT2D eigenvalue weighted by atomic mass is 79.9. The molecule has 2 aromatic carbocycles. The number of benzene rings is 2. The molecule has 2 N–H and O–H groups in total. The second kappa shape index (κ2) is 11.5. The highest BCUT2D eigenvalue weighted by Gasteiger charge is 2.24. The van der Waals surface area contributed by atoms with E-state index in [9.17, 15) is 4.79 Å². The molecule has 0 spiro atoms. The van der Waals surface area contributed by atoms with Crippen molar-refractivity contribution in [2.75, 3.05) is 12.8 Å². The van der Waals surface area contributed by atoms with Crippen molar-refractivity contribution in [3.8, 4) is 20.9 Å². The molecule has 0 aliphatic carbocycles. The number of hydrogen-bond acceptors (Lipinski definition) is 5. The minimum Gasteiger partial charge on any atom is -0.397 e. The Morgan fingerprint density at radius 2 is 1.70 bits per heavy atom. The van der Waals surface area contributed by atoms with Crippen LogP contribution in [-0.4, -0.2) is 22.8 Å². The number of amides is 1. The van der Waals surface area contributed by atoms with Gasteiger partial charge in [-0.25, -0.2) is 0 Å². The summed E-state index contributed by atoms with van der Waals surface area (Å²) in [5, 5.41) is 0. The SMILES string of the molecule is CC.CN1Cc2cc(-c3ccc(-c4cncc(N)c4)s3)ccc2C1=O.Sc1ccccc1Br. The van der Waals surface area contributed by atoms with Crippen molar-refractivity contribution in [2.24, 2.45) is 0 Å². The third-order valence-corrected chi connectivity index (χ3v) is 7.45. The molecule has 170 valence electrons. The van der Waals surface area contributed by atoms with Crippen LogP contribution in [0.25, 0.3) is 20.9 Å². The molecule has 1 aliphatic heterocycles. The van der Waals surface area contributed by atoms with E-state index in [0.29, 0.717) is 12.2 Å². The average molecular weight is 541 g/mol. The van der Waals surface area contributed by atoms with Gasteiger partial charge in [0.15, 0.2) is 0 Å². The number of pyridine rings is 1. The highest BCUT2D eigenvalue weighted by Crippen LogP contribution is 2.36. The first-order chi connectivity index (χ1) is 15.9. The summed E-state index contributed by atoms with van der Waals surface area (Å²) in [7, 11) is 1.83. The minimum absolute atomic E-state index is 0.101. The van der Waals surface area contributed by atoms with Gasteiger partial charge in [0.1, 0.15) is 0 Å². The number of carbonyl (C=O) groups is 1. The molecule has 1 aliphatic rings. The van der Waals surface area contributed by atoms with Gasteiger partial charge in [-0.3, -0.25) is 9.78 Å². The second-order valence-corrected chi connectivity index (χ2v) is 9.58. The normalized spacial score (nSPS) is 11.8. The lowest BCUT2D eigenvalue weighted by Gasteiger charge is -2.04. The van der Waals surface area contributed by atoms with Gasteiger partial charge in [-0.1, -0.05) is 32.0 Å². The number of thiophene rings is 1. The lowest BCUT2D eigenvalue weighted by molar-refractivity contribution is 0.0816. The molecule has 3 heterocycles. The average Bonchev–Trinajstić information content (AvgIpc) is 3.43. The Labute approximate surface area is 213 Å². The molecule has 2 aromatic heterocycles. The molecule has 1 amide bonds. The molecule has 4 aromatic rings. The first-order valence-corrected chi connectivity index (χ1v) is 12.6. The van der Waals surface area contributed by atoms with E-state index in [1.54, 1.807) is 22.4 Å². The van der Waals surface area contributed by atoms with Crippen molar-refractivity contribution in [2.45, 2.75) is 25.3 Å². The number of aromatic nitrogens is 1. The summed E-state index contributed by atoms with van der Waals surface area (Å²) >= 11 is 9.17. The third-order valence-electron chi connectivity index (χ3n) is 4.88. The monoisotopic (exact) mass is 539 g/mol. The number of halogens is 1. The number of thiol groups is 1. The number of nitrogens with two attached hydrogens (primary N) is 1. The summed E-state index contributed by atoms with van der Waals surface area (Å²) in [6.07, 6.45) is 3.47. The van der Waals surface area contributed by atoms with Crippen LogP contribution in [0.15, 0.2) is 82.4 Å². The summed E-state index contributed by atoms with van der Waals surface area (Å²) in [6.45, 7) is 4.68. The minimum atomic E-state index is 0.101. The lowest BCUT2D eigenvalue weighted by atomic mass is 10.1. The molecule has 0 saturated heterocycles. The number of nitrogen functional groups attached to an aromatic ring is 1. The Balaban J connectivity index is 0.000000258. The van der Waals surface area contributed by atoms with Gasteiger partial charge in [0.05, 0.1) is 5.69 Å². The van der Waals surface area contributed by atoms with Crippen LogP contribution in [0.2, 0.25) is 0 Å². The molecule has 0 radical (unpaired) electrons.